The second-order valence-electron chi connectivity index (χ2n) is 5.25. The van der Waals surface area contributed by atoms with Gasteiger partial charge in [-0.25, -0.2) is 0 Å². The number of carbonyl (C=O) groups is 1. The molecule has 3 unspecified atom stereocenters. The maximum absolute atomic E-state index is 11.4. The first kappa shape index (κ1) is 13.8. The van der Waals surface area contributed by atoms with E-state index in [9.17, 15) is 4.79 Å². The third kappa shape index (κ3) is 3.93. The molecule has 1 aliphatic heterocycles. The Hall–Kier alpha value is -0.650. The highest BCUT2D eigenvalue weighted by Gasteiger charge is 2.40. The summed E-state index contributed by atoms with van der Waals surface area (Å²) in [7, 11) is 0. The minimum absolute atomic E-state index is 0.0492. The van der Waals surface area contributed by atoms with Crippen molar-refractivity contribution in [1.29, 1.82) is 0 Å². The van der Waals surface area contributed by atoms with Crippen molar-refractivity contribution < 1.29 is 14.3 Å². The number of hydrogen-bond acceptors (Lipinski definition) is 5. The van der Waals surface area contributed by atoms with Crippen molar-refractivity contribution in [2.45, 2.75) is 25.9 Å². The van der Waals surface area contributed by atoms with Crippen LogP contribution < -0.4 is 5.73 Å². The summed E-state index contributed by atoms with van der Waals surface area (Å²) in [5.41, 5.74) is 5.63. The van der Waals surface area contributed by atoms with Gasteiger partial charge in [0.05, 0.1) is 19.3 Å². The molecule has 2 rings (SSSR count). The van der Waals surface area contributed by atoms with Gasteiger partial charge in [-0.05, 0) is 25.2 Å². The number of nitrogens with zero attached hydrogens (tertiary/aromatic N) is 1. The average molecular weight is 256 g/mol. The molecule has 0 spiro atoms. The molecule has 0 bridgehead atoms. The summed E-state index contributed by atoms with van der Waals surface area (Å²) in [4.78, 5) is 13.8. The largest absolute Gasteiger partial charge is 0.466 e. The van der Waals surface area contributed by atoms with Gasteiger partial charge in [0.2, 0.25) is 0 Å². The predicted octanol–water partition coefficient (Wildman–Crippen LogP) is 0.235. The van der Waals surface area contributed by atoms with E-state index in [1.165, 1.54) is 0 Å². The van der Waals surface area contributed by atoms with Gasteiger partial charge in [-0.15, -0.1) is 0 Å². The molecule has 0 aromatic carbocycles. The summed E-state index contributed by atoms with van der Waals surface area (Å²) < 4.78 is 10.5. The monoisotopic (exact) mass is 256 g/mol. The van der Waals surface area contributed by atoms with E-state index in [0.717, 1.165) is 32.7 Å². The number of morpholine rings is 1. The Bertz CT molecular complexity index is 285. The molecule has 1 saturated heterocycles. The van der Waals surface area contributed by atoms with Crippen LogP contribution in [0.2, 0.25) is 0 Å². The maximum Gasteiger partial charge on any atom is 0.306 e. The molecule has 2 fully saturated rings. The van der Waals surface area contributed by atoms with Crippen LogP contribution in [0.3, 0.4) is 0 Å². The first-order valence-corrected chi connectivity index (χ1v) is 6.92. The SMILES string of the molecule is CCOC(=O)CC1CC1CN1CCOC(CN)C1. The molecule has 0 amide bonds. The minimum Gasteiger partial charge on any atom is -0.466 e. The zero-order valence-corrected chi connectivity index (χ0v) is 11.1. The molecule has 2 aliphatic rings. The van der Waals surface area contributed by atoms with Crippen LogP contribution in [0.4, 0.5) is 0 Å². The van der Waals surface area contributed by atoms with Crippen molar-refractivity contribution >= 4 is 5.97 Å². The zero-order chi connectivity index (χ0) is 13.0. The smallest absolute Gasteiger partial charge is 0.306 e. The van der Waals surface area contributed by atoms with Gasteiger partial charge in [-0.1, -0.05) is 0 Å². The Morgan fingerprint density at radius 2 is 2.33 bits per heavy atom. The van der Waals surface area contributed by atoms with E-state index in [2.05, 4.69) is 4.90 Å². The van der Waals surface area contributed by atoms with Crippen molar-refractivity contribution in [3.05, 3.63) is 0 Å². The molecule has 104 valence electrons. The van der Waals surface area contributed by atoms with Crippen LogP contribution in [0.25, 0.3) is 0 Å². The minimum atomic E-state index is -0.0492. The van der Waals surface area contributed by atoms with Gasteiger partial charge in [-0.2, -0.15) is 0 Å². The summed E-state index contributed by atoms with van der Waals surface area (Å²) in [6, 6.07) is 0. The number of hydrogen-bond donors (Lipinski definition) is 1. The first-order chi connectivity index (χ1) is 8.72. The normalized spacial score (nSPS) is 32.2. The van der Waals surface area contributed by atoms with E-state index in [-0.39, 0.29) is 12.1 Å². The first-order valence-electron chi connectivity index (χ1n) is 6.92. The molecular formula is C13H24N2O3. The summed E-state index contributed by atoms with van der Waals surface area (Å²) in [6.45, 7) is 6.69. The topological polar surface area (TPSA) is 64.8 Å². The summed E-state index contributed by atoms with van der Waals surface area (Å²) in [5, 5.41) is 0. The van der Waals surface area contributed by atoms with Crippen molar-refractivity contribution in [3.8, 4) is 0 Å². The van der Waals surface area contributed by atoms with Gasteiger partial charge in [0.1, 0.15) is 0 Å². The molecule has 0 radical (unpaired) electrons. The molecule has 5 nitrogen and oxygen atoms in total. The van der Waals surface area contributed by atoms with Crippen LogP contribution in [-0.2, 0) is 14.3 Å². The molecule has 5 heteroatoms. The summed E-state index contributed by atoms with van der Waals surface area (Å²) in [6.07, 6.45) is 1.92. The quantitative estimate of drug-likeness (QED) is 0.689. The molecular weight excluding hydrogens is 232 g/mol. The average Bonchev–Trinajstić information content (AvgIpc) is 3.07. The molecule has 18 heavy (non-hydrogen) atoms. The van der Waals surface area contributed by atoms with Crippen LogP contribution in [0.5, 0.6) is 0 Å². The van der Waals surface area contributed by atoms with Crippen molar-refractivity contribution in [1.82, 2.24) is 4.90 Å². The number of ether oxygens (including phenoxy) is 2. The van der Waals surface area contributed by atoms with E-state index in [1.807, 2.05) is 6.92 Å². The van der Waals surface area contributed by atoms with E-state index < -0.39 is 0 Å². The number of esters is 1. The van der Waals surface area contributed by atoms with Crippen LogP contribution >= 0.6 is 0 Å². The van der Waals surface area contributed by atoms with Gasteiger partial charge in [0.15, 0.2) is 0 Å². The fourth-order valence-electron chi connectivity index (χ4n) is 2.64. The molecule has 0 aromatic rings. The lowest BCUT2D eigenvalue weighted by molar-refractivity contribution is -0.143. The van der Waals surface area contributed by atoms with Crippen molar-refractivity contribution in [2.75, 3.05) is 39.4 Å². The third-order valence-corrected chi connectivity index (χ3v) is 3.78. The highest BCUT2D eigenvalue weighted by Crippen LogP contribution is 2.42. The van der Waals surface area contributed by atoms with Gasteiger partial charge in [-0.3, -0.25) is 9.69 Å². The number of carbonyl (C=O) groups excluding carboxylic acids is 1. The maximum atomic E-state index is 11.4. The van der Waals surface area contributed by atoms with Gasteiger partial charge < -0.3 is 15.2 Å². The second-order valence-corrected chi connectivity index (χ2v) is 5.25. The van der Waals surface area contributed by atoms with E-state index in [1.54, 1.807) is 0 Å². The van der Waals surface area contributed by atoms with Crippen LogP contribution in [0.1, 0.15) is 19.8 Å². The lowest BCUT2D eigenvalue weighted by atomic mass is 10.2. The van der Waals surface area contributed by atoms with Crippen LogP contribution in [0, 0.1) is 11.8 Å². The Labute approximate surface area is 109 Å². The lowest BCUT2D eigenvalue weighted by Crippen LogP contribution is -2.46. The van der Waals surface area contributed by atoms with E-state index >= 15 is 0 Å². The standard InChI is InChI=1S/C13H24N2O3/c1-2-17-13(16)6-10-5-11(10)8-15-3-4-18-12(7-14)9-15/h10-12H,2-9,14H2,1H3. The molecule has 1 aliphatic carbocycles. The molecule has 0 aromatic heterocycles. The van der Waals surface area contributed by atoms with Crippen LogP contribution in [-0.4, -0.2) is 56.4 Å². The second kappa shape index (κ2) is 6.50. The van der Waals surface area contributed by atoms with Gasteiger partial charge in [0, 0.05) is 32.6 Å². The predicted molar refractivity (Wildman–Crippen MR) is 68.1 cm³/mol. The van der Waals surface area contributed by atoms with Crippen LogP contribution in [0.15, 0.2) is 0 Å². The molecule has 2 N–H and O–H groups in total. The Morgan fingerprint density at radius 1 is 1.50 bits per heavy atom. The fraction of sp³-hybridized carbons (Fsp3) is 0.923. The van der Waals surface area contributed by atoms with Gasteiger partial charge in [0.25, 0.3) is 0 Å². The molecule has 1 heterocycles. The third-order valence-electron chi connectivity index (χ3n) is 3.78. The highest BCUT2D eigenvalue weighted by molar-refractivity contribution is 5.70. The Morgan fingerprint density at radius 3 is 3.06 bits per heavy atom. The Balaban J connectivity index is 1.65. The molecule has 1 saturated carbocycles. The number of rotatable bonds is 6. The van der Waals surface area contributed by atoms with Crippen molar-refractivity contribution in [2.24, 2.45) is 17.6 Å². The number of nitrogens with two attached hydrogens (primary N) is 1. The molecule has 3 atom stereocenters. The van der Waals surface area contributed by atoms with Gasteiger partial charge >= 0.3 is 5.97 Å². The summed E-state index contributed by atoms with van der Waals surface area (Å²) >= 11 is 0. The highest BCUT2D eigenvalue weighted by atomic mass is 16.5. The van der Waals surface area contributed by atoms with E-state index in [0.29, 0.717) is 31.4 Å². The lowest BCUT2D eigenvalue weighted by Gasteiger charge is -2.32. The Kier molecular flexibility index (Phi) is 4.97. The van der Waals surface area contributed by atoms with E-state index in [4.69, 9.17) is 15.2 Å². The van der Waals surface area contributed by atoms with Crippen molar-refractivity contribution in [3.63, 3.8) is 0 Å². The fourth-order valence-corrected chi connectivity index (χ4v) is 2.64. The summed E-state index contributed by atoms with van der Waals surface area (Å²) in [5.74, 6) is 1.14. The zero-order valence-electron chi connectivity index (χ0n) is 11.1.